The molecule has 2 fully saturated rings. The molecule has 0 amide bonds. The quantitative estimate of drug-likeness (QED) is 0.612. The van der Waals surface area contributed by atoms with Gasteiger partial charge in [0.05, 0.1) is 13.2 Å². The number of ether oxygens (including phenoxy) is 2. The van der Waals surface area contributed by atoms with E-state index in [-0.39, 0.29) is 18.3 Å². The molecule has 2 aliphatic rings. The molecule has 1 unspecified atom stereocenters. The SMILES string of the molecule is OCC1(c2ccc(Br)c(COC3CCCCO3)c2)CCN(Cc2ccccc2)CC1. The maximum Gasteiger partial charge on any atom is 0.158 e. The maximum absolute atomic E-state index is 10.4. The zero-order valence-corrected chi connectivity index (χ0v) is 19.1. The van der Waals surface area contributed by atoms with Crippen molar-refractivity contribution in [3.63, 3.8) is 0 Å². The highest BCUT2D eigenvalue weighted by Gasteiger charge is 2.36. The summed E-state index contributed by atoms with van der Waals surface area (Å²) >= 11 is 3.67. The Hall–Kier alpha value is -1.24. The van der Waals surface area contributed by atoms with Crippen molar-refractivity contribution in [1.29, 1.82) is 0 Å². The summed E-state index contributed by atoms with van der Waals surface area (Å²) in [5, 5.41) is 10.4. The van der Waals surface area contributed by atoms with Gasteiger partial charge in [0.1, 0.15) is 0 Å². The lowest BCUT2D eigenvalue weighted by Crippen LogP contribution is -2.44. The van der Waals surface area contributed by atoms with Gasteiger partial charge in [0.2, 0.25) is 0 Å². The number of hydrogen-bond donors (Lipinski definition) is 1. The van der Waals surface area contributed by atoms with Gasteiger partial charge < -0.3 is 14.6 Å². The molecule has 2 saturated heterocycles. The fraction of sp³-hybridized carbons (Fsp3) is 0.520. The standard InChI is InChI=1S/C25H32BrNO3/c26-23-10-9-22(16-21(23)18-30-24-8-4-5-15-29-24)25(19-28)11-13-27(14-12-25)17-20-6-2-1-3-7-20/h1-3,6-7,9-10,16,24,28H,4-5,8,11-15,17-19H2. The van der Waals surface area contributed by atoms with Gasteiger partial charge in [0.15, 0.2) is 6.29 Å². The van der Waals surface area contributed by atoms with Crippen molar-refractivity contribution in [3.8, 4) is 0 Å². The summed E-state index contributed by atoms with van der Waals surface area (Å²) in [6, 6.07) is 17.1. The van der Waals surface area contributed by atoms with Crippen LogP contribution in [0.3, 0.4) is 0 Å². The molecule has 0 bridgehead atoms. The molecule has 4 nitrogen and oxygen atoms in total. The first-order valence-electron chi connectivity index (χ1n) is 11.1. The van der Waals surface area contributed by atoms with Crippen molar-refractivity contribution < 1.29 is 14.6 Å². The van der Waals surface area contributed by atoms with E-state index >= 15 is 0 Å². The molecule has 1 N–H and O–H groups in total. The molecular weight excluding hydrogens is 442 g/mol. The van der Waals surface area contributed by atoms with Crippen molar-refractivity contribution in [2.24, 2.45) is 0 Å². The Kier molecular flexibility index (Phi) is 7.60. The lowest BCUT2D eigenvalue weighted by atomic mass is 9.73. The number of rotatable bonds is 7. The lowest BCUT2D eigenvalue weighted by Gasteiger charge is -2.41. The van der Waals surface area contributed by atoms with Gasteiger partial charge in [-0.25, -0.2) is 0 Å². The van der Waals surface area contributed by atoms with Crippen LogP contribution in [0.5, 0.6) is 0 Å². The van der Waals surface area contributed by atoms with E-state index in [1.807, 2.05) is 0 Å². The summed E-state index contributed by atoms with van der Waals surface area (Å²) in [6.07, 6.45) is 5.09. The average Bonchev–Trinajstić information content (AvgIpc) is 2.81. The van der Waals surface area contributed by atoms with Crippen molar-refractivity contribution in [2.45, 2.75) is 57.0 Å². The molecule has 4 rings (SSSR count). The molecule has 2 aliphatic heterocycles. The van der Waals surface area contributed by atoms with Gasteiger partial charge in [0.25, 0.3) is 0 Å². The molecule has 1 atom stereocenters. The maximum atomic E-state index is 10.4. The van der Waals surface area contributed by atoms with Crippen LogP contribution in [0.2, 0.25) is 0 Å². The predicted molar refractivity (Wildman–Crippen MR) is 122 cm³/mol. The van der Waals surface area contributed by atoms with Gasteiger partial charge >= 0.3 is 0 Å². The van der Waals surface area contributed by atoms with Gasteiger partial charge in [-0.05, 0) is 68.0 Å². The molecule has 2 aromatic rings. The van der Waals surface area contributed by atoms with Gasteiger partial charge in [-0.15, -0.1) is 0 Å². The molecule has 0 aromatic heterocycles. The van der Waals surface area contributed by atoms with Crippen molar-refractivity contribution in [3.05, 3.63) is 69.7 Å². The highest BCUT2D eigenvalue weighted by Crippen LogP contribution is 2.37. The van der Waals surface area contributed by atoms with E-state index in [9.17, 15) is 5.11 Å². The third kappa shape index (κ3) is 5.32. The molecular formula is C25H32BrNO3. The number of aliphatic hydroxyl groups is 1. The van der Waals surface area contributed by atoms with Crippen molar-refractivity contribution in [2.75, 3.05) is 26.3 Å². The Morgan fingerprint density at radius 2 is 1.90 bits per heavy atom. The molecule has 30 heavy (non-hydrogen) atoms. The summed E-state index contributed by atoms with van der Waals surface area (Å²) < 4.78 is 12.8. The van der Waals surface area contributed by atoms with Crippen LogP contribution in [-0.2, 0) is 28.0 Å². The highest BCUT2D eigenvalue weighted by atomic mass is 79.9. The van der Waals surface area contributed by atoms with Crippen molar-refractivity contribution >= 4 is 15.9 Å². The largest absolute Gasteiger partial charge is 0.395 e. The molecule has 162 valence electrons. The first-order chi connectivity index (χ1) is 14.7. The summed E-state index contributed by atoms with van der Waals surface area (Å²) in [5.74, 6) is 0. The van der Waals surface area contributed by atoms with E-state index in [2.05, 4.69) is 69.4 Å². The molecule has 0 radical (unpaired) electrons. The summed E-state index contributed by atoms with van der Waals surface area (Å²) in [6.45, 7) is 4.46. The fourth-order valence-electron chi connectivity index (χ4n) is 4.56. The number of nitrogens with zero attached hydrogens (tertiary/aromatic N) is 1. The minimum Gasteiger partial charge on any atom is -0.395 e. The van der Waals surface area contributed by atoms with E-state index in [0.29, 0.717) is 6.61 Å². The van der Waals surface area contributed by atoms with E-state index in [1.54, 1.807) is 0 Å². The Morgan fingerprint density at radius 1 is 1.10 bits per heavy atom. The molecule has 0 saturated carbocycles. The topological polar surface area (TPSA) is 41.9 Å². The highest BCUT2D eigenvalue weighted by molar-refractivity contribution is 9.10. The number of halogens is 1. The number of hydrogen-bond acceptors (Lipinski definition) is 4. The average molecular weight is 474 g/mol. The number of aliphatic hydroxyl groups excluding tert-OH is 1. The fourth-order valence-corrected chi connectivity index (χ4v) is 4.92. The van der Waals surface area contributed by atoms with Crippen LogP contribution in [0.25, 0.3) is 0 Å². The minimum absolute atomic E-state index is 0.0951. The van der Waals surface area contributed by atoms with Crippen molar-refractivity contribution in [1.82, 2.24) is 4.90 Å². The van der Waals surface area contributed by atoms with Crippen LogP contribution in [0.1, 0.15) is 48.8 Å². The zero-order chi connectivity index (χ0) is 20.8. The molecule has 2 heterocycles. The van der Waals surface area contributed by atoms with Gasteiger partial charge in [0, 0.05) is 23.0 Å². The number of likely N-dealkylation sites (tertiary alicyclic amines) is 1. The smallest absolute Gasteiger partial charge is 0.158 e. The van der Waals surface area contributed by atoms with E-state index in [0.717, 1.165) is 62.0 Å². The second-order valence-corrected chi connectivity index (χ2v) is 9.47. The van der Waals surface area contributed by atoms with Crippen LogP contribution < -0.4 is 0 Å². The minimum atomic E-state index is -0.177. The summed E-state index contributed by atoms with van der Waals surface area (Å²) in [7, 11) is 0. The lowest BCUT2D eigenvalue weighted by molar-refractivity contribution is -0.169. The summed E-state index contributed by atoms with van der Waals surface area (Å²) in [4.78, 5) is 2.49. The second-order valence-electron chi connectivity index (χ2n) is 8.61. The van der Waals surface area contributed by atoms with Crippen LogP contribution in [-0.4, -0.2) is 42.6 Å². The third-order valence-electron chi connectivity index (χ3n) is 6.59. The molecule has 2 aromatic carbocycles. The van der Waals surface area contributed by atoms with Crippen LogP contribution >= 0.6 is 15.9 Å². The van der Waals surface area contributed by atoms with E-state index < -0.39 is 0 Å². The van der Waals surface area contributed by atoms with Crippen LogP contribution in [0, 0.1) is 0 Å². The van der Waals surface area contributed by atoms with E-state index in [4.69, 9.17) is 9.47 Å². The molecule has 5 heteroatoms. The second kappa shape index (κ2) is 10.4. The zero-order valence-electron chi connectivity index (χ0n) is 17.6. The Labute approximate surface area is 188 Å². The Bertz CT molecular complexity index is 799. The molecule has 0 aliphatic carbocycles. The number of benzene rings is 2. The van der Waals surface area contributed by atoms with Crippen LogP contribution in [0.4, 0.5) is 0 Å². The van der Waals surface area contributed by atoms with E-state index in [1.165, 1.54) is 17.5 Å². The monoisotopic (exact) mass is 473 g/mol. The van der Waals surface area contributed by atoms with Gasteiger partial charge in [-0.3, -0.25) is 4.90 Å². The first kappa shape index (κ1) is 22.0. The van der Waals surface area contributed by atoms with Crippen LogP contribution in [0.15, 0.2) is 53.0 Å². The normalized spacial score (nSPS) is 22.1. The Balaban J connectivity index is 1.41. The third-order valence-corrected chi connectivity index (χ3v) is 7.36. The summed E-state index contributed by atoms with van der Waals surface area (Å²) in [5.41, 5.74) is 3.52. The Morgan fingerprint density at radius 3 is 2.60 bits per heavy atom. The van der Waals surface area contributed by atoms with Gasteiger partial charge in [-0.1, -0.05) is 58.4 Å². The number of piperidine rings is 1. The molecule has 0 spiro atoms. The first-order valence-corrected chi connectivity index (χ1v) is 11.9. The van der Waals surface area contributed by atoms with Gasteiger partial charge in [-0.2, -0.15) is 0 Å². The predicted octanol–water partition coefficient (Wildman–Crippen LogP) is 5.02.